The summed E-state index contributed by atoms with van der Waals surface area (Å²) in [6, 6.07) is 11.4. The van der Waals surface area contributed by atoms with Crippen molar-refractivity contribution >= 4 is 46.6 Å². The van der Waals surface area contributed by atoms with Crippen molar-refractivity contribution in [3.8, 4) is 0 Å². The van der Waals surface area contributed by atoms with Crippen LogP contribution in [0.25, 0.3) is 0 Å². The minimum absolute atomic E-state index is 0.0845. The smallest absolute Gasteiger partial charge is 0.255 e. The largest absolute Gasteiger partial charge is 0.339 e. The van der Waals surface area contributed by atoms with Gasteiger partial charge in [0.2, 0.25) is 5.91 Å². The van der Waals surface area contributed by atoms with E-state index < -0.39 is 0 Å². The summed E-state index contributed by atoms with van der Waals surface area (Å²) in [5, 5.41) is 3.53. The lowest BCUT2D eigenvalue weighted by Crippen LogP contribution is -2.50. The fourth-order valence-corrected chi connectivity index (χ4v) is 4.02. The Labute approximate surface area is 198 Å². The van der Waals surface area contributed by atoms with Crippen molar-refractivity contribution in [2.24, 2.45) is 5.92 Å². The molecule has 170 valence electrons. The number of hydrogen-bond acceptors (Lipinski definition) is 3. The number of piperazine rings is 1. The van der Waals surface area contributed by atoms with E-state index in [0.717, 1.165) is 6.42 Å². The summed E-state index contributed by atoms with van der Waals surface area (Å²) in [6.07, 6.45) is 1.44. The third kappa shape index (κ3) is 6.47. The van der Waals surface area contributed by atoms with E-state index in [9.17, 15) is 14.4 Å². The molecule has 8 heteroatoms. The van der Waals surface area contributed by atoms with E-state index in [1.807, 2.05) is 4.90 Å². The van der Waals surface area contributed by atoms with E-state index in [2.05, 4.69) is 19.2 Å². The molecule has 0 bridgehead atoms. The zero-order chi connectivity index (χ0) is 23.3. The lowest BCUT2D eigenvalue weighted by Gasteiger charge is -2.35. The maximum absolute atomic E-state index is 12.8. The number of carbonyl (C=O) groups is 3. The maximum atomic E-state index is 12.8. The lowest BCUT2D eigenvalue weighted by atomic mass is 10.1. The first-order valence-corrected chi connectivity index (χ1v) is 11.4. The highest BCUT2D eigenvalue weighted by Crippen LogP contribution is 2.21. The number of hydrogen-bond donors (Lipinski definition) is 1. The second kappa shape index (κ2) is 10.8. The average Bonchev–Trinajstić information content (AvgIpc) is 2.77. The normalized spacial score (nSPS) is 13.9. The topological polar surface area (TPSA) is 69.7 Å². The van der Waals surface area contributed by atoms with Crippen LogP contribution in [-0.4, -0.2) is 53.7 Å². The highest BCUT2D eigenvalue weighted by Gasteiger charge is 2.24. The fourth-order valence-electron chi connectivity index (χ4n) is 3.50. The predicted octanol–water partition coefficient (Wildman–Crippen LogP) is 4.97. The van der Waals surface area contributed by atoms with Crippen LogP contribution < -0.4 is 5.32 Å². The quantitative estimate of drug-likeness (QED) is 0.641. The molecule has 32 heavy (non-hydrogen) atoms. The van der Waals surface area contributed by atoms with E-state index in [-0.39, 0.29) is 17.7 Å². The van der Waals surface area contributed by atoms with Crippen LogP contribution in [0.2, 0.25) is 10.0 Å². The average molecular weight is 476 g/mol. The fraction of sp³-hybridized carbons (Fsp3) is 0.375. The van der Waals surface area contributed by atoms with E-state index in [4.69, 9.17) is 23.2 Å². The molecule has 1 aliphatic heterocycles. The van der Waals surface area contributed by atoms with Gasteiger partial charge in [-0.25, -0.2) is 0 Å². The molecule has 0 spiro atoms. The van der Waals surface area contributed by atoms with Gasteiger partial charge in [0, 0.05) is 59.5 Å². The molecule has 0 unspecified atom stereocenters. The Hall–Kier alpha value is -2.57. The lowest BCUT2D eigenvalue weighted by molar-refractivity contribution is -0.132. The van der Waals surface area contributed by atoms with Gasteiger partial charge in [0.1, 0.15) is 0 Å². The predicted molar refractivity (Wildman–Crippen MR) is 127 cm³/mol. The molecule has 1 fully saturated rings. The van der Waals surface area contributed by atoms with Crippen molar-refractivity contribution in [1.82, 2.24) is 9.80 Å². The Balaban J connectivity index is 1.54. The van der Waals surface area contributed by atoms with Gasteiger partial charge in [0.05, 0.1) is 0 Å². The minimum Gasteiger partial charge on any atom is -0.339 e. The highest BCUT2D eigenvalue weighted by molar-refractivity contribution is 6.35. The summed E-state index contributed by atoms with van der Waals surface area (Å²) in [4.78, 5) is 41.1. The summed E-state index contributed by atoms with van der Waals surface area (Å²) in [5.41, 5.74) is 1.44. The minimum atomic E-state index is -0.341. The van der Waals surface area contributed by atoms with Gasteiger partial charge in [-0.1, -0.05) is 37.0 Å². The van der Waals surface area contributed by atoms with Crippen LogP contribution >= 0.6 is 23.2 Å². The molecule has 0 saturated carbocycles. The summed E-state index contributed by atoms with van der Waals surface area (Å²) >= 11 is 11.9. The van der Waals surface area contributed by atoms with Gasteiger partial charge in [0.15, 0.2) is 0 Å². The zero-order valence-electron chi connectivity index (χ0n) is 18.2. The van der Waals surface area contributed by atoms with Crippen molar-refractivity contribution < 1.29 is 14.4 Å². The van der Waals surface area contributed by atoms with E-state index in [0.29, 0.717) is 65.4 Å². The molecule has 0 radical (unpaired) electrons. The first-order valence-electron chi connectivity index (χ1n) is 10.7. The third-order valence-corrected chi connectivity index (χ3v) is 5.81. The van der Waals surface area contributed by atoms with E-state index in [1.165, 1.54) is 12.1 Å². The Bertz CT molecular complexity index is 964. The Morgan fingerprint density at radius 1 is 0.875 bits per heavy atom. The number of nitrogens with one attached hydrogen (secondary N) is 1. The second-order valence-electron chi connectivity index (χ2n) is 8.30. The van der Waals surface area contributed by atoms with Gasteiger partial charge < -0.3 is 15.1 Å². The molecular formula is C24H27Cl2N3O3. The molecule has 1 heterocycles. The van der Waals surface area contributed by atoms with Crippen LogP contribution in [0, 0.1) is 5.92 Å². The van der Waals surface area contributed by atoms with Gasteiger partial charge in [-0.3, -0.25) is 14.4 Å². The van der Waals surface area contributed by atoms with Crippen LogP contribution in [0.4, 0.5) is 5.69 Å². The molecule has 2 aromatic carbocycles. The molecule has 0 atom stereocenters. The Morgan fingerprint density at radius 3 is 2.00 bits per heavy atom. The van der Waals surface area contributed by atoms with Crippen molar-refractivity contribution in [3.05, 3.63) is 63.6 Å². The number of rotatable bonds is 6. The van der Waals surface area contributed by atoms with Gasteiger partial charge in [0.25, 0.3) is 11.8 Å². The van der Waals surface area contributed by atoms with E-state index >= 15 is 0 Å². The summed E-state index contributed by atoms with van der Waals surface area (Å²) in [7, 11) is 0. The second-order valence-corrected chi connectivity index (χ2v) is 9.17. The van der Waals surface area contributed by atoms with Crippen molar-refractivity contribution in [3.63, 3.8) is 0 Å². The molecule has 1 N–H and O–H groups in total. The van der Waals surface area contributed by atoms with Gasteiger partial charge in [-0.2, -0.15) is 0 Å². The summed E-state index contributed by atoms with van der Waals surface area (Å²) in [6.45, 7) is 6.35. The molecule has 0 aliphatic carbocycles. The maximum Gasteiger partial charge on any atom is 0.255 e. The SMILES string of the molecule is CC(C)CCC(=O)N1CCN(C(=O)c2ccc(NC(=O)c3cc(Cl)cc(Cl)c3)cc2)CC1. The van der Waals surface area contributed by atoms with Crippen molar-refractivity contribution in [1.29, 1.82) is 0 Å². The Morgan fingerprint density at radius 2 is 1.44 bits per heavy atom. The van der Waals surface area contributed by atoms with Gasteiger partial charge in [-0.05, 0) is 54.8 Å². The Kier molecular flexibility index (Phi) is 8.15. The van der Waals surface area contributed by atoms with Crippen LogP contribution in [0.3, 0.4) is 0 Å². The molecular weight excluding hydrogens is 449 g/mol. The molecule has 3 amide bonds. The monoisotopic (exact) mass is 475 g/mol. The molecule has 2 aromatic rings. The zero-order valence-corrected chi connectivity index (χ0v) is 19.7. The van der Waals surface area contributed by atoms with Crippen LogP contribution in [0.15, 0.2) is 42.5 Å². The van der Waals surface area contributed by atoms with E-state index in [1.54, 1.807) is 35.2 Å². The molecule has 1 aliphatic rings. The number of amides is 3. The van der Waals surface area contributed by atoms with Crippen LogP contribution in [0.1, 0.15) is 47.4 Å². The van der Waals surface area contributed by atoms with Gasteiger partial charge in [-0.15, -0.1) is 0 Å². The number of benzene rings is 2. The first-order chi connectivity index (χ1) is 15.2. The third-order valence-electron chi connectivity index (χ3n) is 5.37. The van der Waals surface area contributed by atoms with Crippen molar-refractivity contribution in [2.75, 3.05) is 31.5 Å². The van der Waals surface area contributed by atoms with Crippen LogP contribution in [0.5, 0.6) is 0 Å². The highest BCUT2D eigenvalue weighted by atomic mass is 35.5. The molecule has 3 rings (SSSR count). The number of carbonyl (C=O) groups excluding carboxylic acids is 3. The first kappa shape index (κ1) is 24.1. The number of anilines is 1. The van der Waals surface area contributed by atoms with Crippen LogP contribution in [-0.2, 0) is 4.79 Å². The number of nitrogens with zero attached hydrogens (tertiary/aromatic N) is 2. The molecule has 0 aromatic heterocycles. The standard InChI is InChI=1S/C24H27Cl2N3O3/c1-16(2)3-8-22(30)28-9-11-29(12-10-28)24(32)17-4-6-21(7-5-17)27-23(31)18-13-19(25)15-20(26)14-18/h4-7,13-16H,3,8-12H2,1-2H3,(H,27,31). The van der Waals surface area contributed by atoms with Crippen molar-refractivity contribution in [2.45, 2.75) is 26.7 Å². The number of halogens is 2. The summed E-state index contributed by atoms with van der Waals surface area (Å²) in [5.74, 6) is 0.232. The molecule has 1 saturated heterocycles. The van der Waals surface area contributed by atoms with Gasteiger partial charge >= 0.3 is 0 Å². The summed E-state index contributed by atoms with van der Waals surface area (Å²) < 4.78 is 0. The molecule has 6 nitrogen and oxygen atoms in total.